The third-order valence-corrected chi connectivity index (χ3v) is 4.00. The highest BCUT2D eigenvalue weighted by molar-refractivity contribution is 5.43. The summed E-state index contributed by atoms with van der Waals surface area (Å²) in [6, 6.07) is 0.320. The van der Waals surface area contributed by atoms with Gasteiger partial charge in [-0.2, -0.15) is 0 Å². The van der Waals surface area contributed by atoms with Gasteiger partial charge >= 0.3 is 0 Å². The Balaban J connectivity index is 0.000000478. The zero-order valence-corrected chi connectivity index (χ0v) is 11.2. The van der Waals surface area contributed by atoms with E-state index in [9.17, 15) is 4.39 Å². The van der Waals surface area contributed by atoms with Crippen molar-refractivity contribution >= 4 is 0 Å². The second-order valence-electron chi connectivity index (χ2n) is 5.04. The first-order valence-corrected chi connectivity index (χ1v) is 6.94. The highest BCUT2D eigenvalue weighted by Crippen LogP contribution is 2.57. The minimum Gasteiger partial charge on any atom is -0.493 e. The van der Waals surface area contributed by atoms with Crippen LogP contribution in [0.5, 0.6) is 0 Å². The van der Waals surface area contributed by atoms with E-state index in [1.807, 2.05) is 13.8 Å². The number of hydrogen-bond donors (Lipinski definition) is 0. The summed E-state index contributed by atoms with van der Waals surface area (Å²) in [5.74, 6) is 1.73. The van der Waals surface area contributed by atoms with Gasteiger partial charge in [0.15, 0.2) is 5.76 Å². The second-order valence-corrected chi connectivity index (χ2v) is 5.04. The first-order valence-electron chi connectivity index (χ1n) is 6.94. The van der Waals surface area contributed by atoms with Crippen molar-refractivity contribution in [2.45, 2.75) is 33.2 Å². The van der Waals surface area contributed by atoms with Crippen LogP contribution in [0.25, 0.3) is 0 Å². The molecule has 3 nitrogen and oxygen atoms in total. The molecule has 3 atom stereocenters. The maximum Gasteiger partial charge on any atom is 0.177 e. The summed E-state index contributed by atoms with van der Waals surface area (Å²) >= 11 is 0. The van der Waals surface area contributed by atoms with Gasteiger partial charge in [0.05, 0.1) is 12.6 Å². The van der Waals surface area contributed by atoms with Crippen LogP contribution in [0.3, 0.4) is 0 Å². The Labute approximate surface area is 107 Å². The third-order valence-electron chi connectivity index (χ3n) is 4.00. The minimum atomic E-state index is -0.0499. The Kier molecular flexibility index (Phi) is 2.76. The molecule has 2 aliphatic heterocycles. The average molecular weight is 253 g/mol. The first kappa shape index (κ1) is 11.9. The van der Waals surface area contributed by atoms with Crippen LogP contribution in [0, 0.1) is 11.8 Å². The molecular formula is C14H20FNO2. The van der Waals surface area contributed by atoms with Crippen molar-refractivity contribution in [1.82, 2.24) is 4.90 Å². The Morgan fingerprint density at radius 3 is 2.78 bits per heavy atom. The molecule has 2 fully saturated rings. The van der Waals surface area contributed by atoms with Crippen LogP contribution in [0.2, 0.25) is 0 Å². The summed E-state index contributed by atoms with van der Waals surface area (Å²) in [7, 11) is 0. The largest absolute Gasteiger partial charge is 0.493 e. The highest BCUT2D eigenvalue weighted by atomic mass is 19.1. The maximum absolute atomic E-state index is 14.0. The number of fused-ring (bicyclic) bond motifs is 2. The summed E-state index contributed by atoms with van der Waals surface area (Å²) in [5, 5.41) is 0. The molecule has 0 aromatic carbocycles. The average Bonchev–Trinajstić information content (AvgIpc) is 3.20. The van der Waals surface area contributed by atoms with E-state index in [0.717, 1.165) is 31.0 Å². The zero-order valence-electron chi connectivity index (χ0n) is 11.2. The fourth-order valence-electron chi connectivity index (χ4n) is 3.02. The summed E-state index contributed by atoms with van der Waals surface area (Å²) in [6.07, 6.45) is 0.889. The van der Waals surface area contributed by atoms with E-state index in [-0.39, 0.29) is 17.7 Å². The van der Waals surface area contributed by atoms with Crippen LogP contribution in [-0.4, -0.2) is 30.7 Å². The molecule has 2 aliphatic carbocycles. The van der Waals surface area contributed by atoms with Crippen molar-refractivity contribution in [2.75, 3.05) is 19.8 Å². The van der Waals surface area contributed by atoms with Gasteiger partial charge in [-0.3, -0.25) is 0 Å². The van der Waals surface area contributed by atoms with Gasteiger partial charge in [-0.15, -0.1) is 0 Å². The third kappa shape index (κ3) is 1.47. The Morgan fingerprint density at radius 2 is 2.00 bits per heavy atom. The van der Waals surface area contributed by atoms with Crippen molar-refractivity contribution in [3.63, 3.8) is 0 Å². The van der Waals surface area contributed by atoms with Gasteiger partial charge in [0.25, 0.3) is 0 Å². The molecule has 2 heterocycles. The molecule has 0 radical (unpaired) electrons. The summed E-state index contributed by atoms with van der Waals surface area (Å²) < 4.78 is 25.3. The van der Waals surface area contributed by atoms with E-state index in [0.29, 0.717) is 18.4 Å². The van der Waals surface area contributed by atoms with Gasteiger partial charge in [-0.1, -0.05) is 13.8 Å². The molecule has 100 valence electrons. The van der Waals surface area contributed by atoms with E-state index in [2.05, 4.69) is 11.8 Å². The van der Waals surface area contributed by atoms with Crippen LogP contribution in [0.1, 0.15) is 27.2 Å². The molecule has 0 bridgehead atoms. The van der Waals surface area contributed by atoms with Gasteiger partial charge in [-0.25, -0.2) is 4.39 Å². The molecular weight excluding hydrogens is 233 g/mol. The van der Waals surface area contributed by atoms with Gasteiger partial charge in [0, 0.05) is 11.8 Å². The lowest BCUT2D eigenvalue weighted by atomic mass is 10.0. The predicted molar refractivity (Wildman–Crippen MR) is 66.2 cm³/mol. The van der Waals surface area contributed by atoms with E-state index in [1.165, 1.54) is 0 Å². The van der Waals surface area contributed by atoms with E-state index in [1.54, 1.807) is 0 Å². The summed E-state index contributed by atoms with van der Waals surface area (Å²) in [4.78, 5) is 2.24. The molecule has 4 aliphatic rings. The molecule has 18 heavy (non-hydrogen) atoms. The zero-order chi connectivity index (χ0) is 12.9. The molecule has 0 aromatic rings. The monoisotopic (exact) mass is 253 g/mol. The van der Waals surface area contributed by atoms with Crippen molar-refractivity contribution < 1.29 is 13.9 Å². The number of ether oxygens (including phenoxy) is 2. The number of rotatable bonds is 0. The molecule has 1 saturated carbocycles. The summed E-state index contributed by atoms with van der Waals surface area (Å²) in [5.41, 5.74) is 0.904. The number of halogens is 1. The molecule has 0 aromatic heterocycles. The van der Waals surface area contributed by atoms with Crippen LogP contribution < -0.4 is 0 Å². The van der Waals surface area contributed by atoms with Gasteiger partial charge in [-0.05, 0) is 13.3 Å². The van der Waals surface area contributed by atoms with Crippen molar-refractivity contribution in [2.24, 2.45) is 11.8 Å². The number of nitrogens with zero attached hydrogens (tertiary/aromatic N) is 1. The van der Waals surface area contributed by atoms with E-state index >= 15 is 0 Å². The van der Waals surface area contributed by atoms with Crippen LogP contribution >= 0.6 is 0 Å². The number of allylic oxidation sites excluding steroid dienone is 2. The normalized spacial score (nSPS) is 35.8. The van der Waals surface area contributed by atoms with Crippen LogP contribution in [-0.2, 0) is 9.47 Å². The van der Waals surface area contributed by atoms with Gasteiger partial charge < -0.3 is 14.4 Å². The number of hydrogen-bond acceptors (Lipinski definition) is 3. The molecule has 0 amide bonds. The van der Waals surface area contributed by atoms with Crippen molar-refractivity contribution in [3.05, 3.63) is 23.0 Å². The number of morpholine rings is 1. The predicted octanol–water partition coefficient (Wildman–Crippen LogP) is 2.81. The molecule has 1 saturated heterocycles. The fourth-order valence-corrected chi connectivity index (χ4v) is 3.02. The second kappa shape index (κ2) is 4.18. The molecule has 2 unspecified atom stereocenters. The topological polar surface area (TPSA) is 21.7 Å². The Hall–Kier alpha value is -1.19. The van der Waals surface area contributed by atoms with Crippen LogP contribution in [0.15, 0.2) is 23.0 Å². The Bertz CT molecular complexity index is 430. The first-order chi connectivity index (χ1) is 8.77. The van der Waals surface area contributed by atoms with Crippen LogP contribution in [0.4, 0.5) is 4.39 Å². The van der Waals surface area contributed by atoms with Crippen molar-refractivity contribution in [1.29, 1.82) is 0 Å². The fraction of sp³-hybridized carbons (Fsp3) is 0.714. The minimum absolute atomic E-state index is 0.0436. The van der Waals surface area contributed by atoms with Gasteiger partial charge in [0.2, 0.25) is 0 Å². The lowest BCUT2D eigenvalue weighted by Gasteiger charge is -2.43. The quantitative estimate of drug-likeness (QED) is 0.662. The smallest absolute Gasteiger partial charge is 0.177 e. The summed E-state index contributed by atoms with van der Waals surface area (Å²) in [6.45, 7) is 8.26. The van der Waals surface area contributed by atoms with Crippen molar-refractivity contribution in [3.8, 4) is 0 Å². The van der Waals surface area contributed by atoms with E-state index < -0.39 is 0 Å². The SMILES string of the molecule is CC.C[C@H]1COC2=C3C(=C(F)C4CC24)OCCN31. The van der Waals surface area contributed by atoms with E-state index in [4.69, 9.17) is 9.47 Å². The van der Waals surface area contributed by atoms with Gasteiger partial charge in [0.1, 0.15) is 30.5 Å². The lowest BCUT2D eigenvalue weighted by Crippen LogP contribution is -2.46. The molecule has 4 rings (SSSR count). The molecule has 4 heteroatoms. The lowest BCUT2D eigenvalue weighted by molar-refractivity contribution is 0.0202. The Morgan fingerprint density at radius 1 is 1.22 bits per heavy atom. The molecule has 0 spiro atoms. The standard InChI is InChI=1S/C12H14FNO2.C2H6/c1-6-5-16-11-8-4-7(8)9(13)12-10(11)14(6)2-3-15-12;1-2/h6-8H,2-5H2,1H3;1-2H3/t6-,7?,8?;/m0./s1. The maximum atomic E-state index is 14.0. The highest BCUT2D eigenvalue weighted by Gasteiger charge is 2.54. The molecule has 0 N–H and O–H groups in total.